The molecule has 1 heterocycles. The summed E-state index contributed by atoms with van der Waals surface area (Å²) in [6.45, 7) is 3.96. The summed E-state index contributed by atoms with van der Waals surface area (Å²) in [5, 5.41) is 11.8. The molecule has 2 aromatic carbocycles. The van der Waals surface area contributed by atoms with Crippen LogP contribution < -0.4 is 9.62 Å². The Morgan fingerprint density at radius 1 is 1.04 bits per heavy atom. The highest BCUT2D eigenvalue weighted by atomic mass is 32.2. The van der Waals surface area contributed by atoms with E-state index in [2.05, 4.69) is 15.5 Å². The number of nitrogens with zero attached hydrogens (tertiary/aromatic N) is 3. The highest BCUT2D eigenvalue weighted by Crippen LogP contribution is 2.26. The van der Waals surface area contributed by atoms with Crippen LogP contribution >= 0.6 is 11.3 Å². The minimum atomic E-state index is -3.93. The first kappa shape index (κ1) is 20.0. The zero-order chi connectivity index (χ0) is 20.3. The van der Waals surface area contributed by atoms with Gasteiger partial charge in [0.1, 0.15) is 9.90 Å². The number of carbonyl (C=O) groups excluding carboxylic acids is 1. The molecule has 1 amide bonds. The molecule has 0 bridgehead atoms. The van der Waals surface area contributed by atoms with Crippen LogP contribution in [0.2, 0.25) is 0 Å². The van der Waals surface area contributed by atoms with Crippen molar-refractivity contribution in [2.75, 3.05) is 16.7 Å². The Morgan fingerprint density at radius 2 is 1.68 bits per heavy atom. The van der Waals surface area contributed by atoms with Gasteiger partial charge in [0.05, 0.1) is 11.3 Å². The van der Waals surface area contributed by atoms with Gasteiger partial charge in [-0.1, -0.05) is 55.5 Å². The van der Waals surface area contributed by atoms with E-state index in [9.17, 15) is 13.2 Å². The van der Waals surface area contributed by atoms with Gasteiger partial charge in [-0.05, 0) is 24.3 Å². The van der Waals surface area contributed by atoms with E-state index >= 15 is 0 Å². The molecule has 0 aliphatic heterocycles. The van der Waals surface area contributed by atoms with Gasteiger partial charge in [0.2, 0.25) is 5.13 Å². The summed E-state index contributed by atoms with van der Waals surface area (Å²) < 4.78 is 27.4. The second-order valence-electron chi connectivity index (χ2n) is 6.36. The van der Waals surface area contributed by atoms with Gasteiger partial charge in [0.15, 0.2) is 0 Å². The van der Waals surface area contributed by atoms with Crippen LogP contribution in [0.25, 0.3) is 0 Å². The van der Waals surface area contributed by atoms with Crippen molar-refractivity contribution >= 4 is 38.1 Å². The van der Waals surface area contributed by atoms with Crippen molar-refractivity contribution in [1.82, 2.24) is 10.2 Å². The predicted octanol–water partition coefficient (Wildman–Crippen LogP) is 3.74. The molecule has 0 unspecified atom stereocenters. The van der Waals surface area contributed by atoms with E-state index in [-0.39, 0.29) is 16.4 Å². The summed E-state index contributed by atoms with van der Waals surface area (Å²) in [7, 11) is -2.47. The molecule has 0 spiro atoms. The molecule has 0 radical (unpaired) electrons. The van der Waals surface area contributed by atoms with Gasteiger partial charge in [0.25, 0.3) is 15.9 Å². The summed E-state index contributed by atoms with van der Waals surface area (Å²) in [6.07, 6.45) is 0. The lowest BCUT2D eigenvalue weighted by Gasteiger charge is -2.20. The fourth-order valence-electron chi connectivity index (χ4n) is 2.49. The van der Waals surface area contributed by atoms with Crippen LogP contribution in [0.4, 0.5) is 10.8 Å². The largest absolute Gasteiger partial charge is 0.296 e. The van der Waals surface area contributed by atoms with E-state index in [0.29, 0.717) is 10.8 Å². The van der Waals surface area contributed by atoms with Gasteiger partial charge >= 0.3 is 0 Å². The molecule has 0 fully saturated rings. The van der Waals surface area contributed by atoms with Crippen molar-refractivity contribution < 1.29 is 13.2 Å². The second kappa shape index (κ2) is 8.07. The quantitative estimate of drug-likeness (QED) is 0.661. The highest BCUT2D eigenvalue weighted by Gasteiger charge is 2.27. The summed E-state index contributed by atoms with van der Waals surface area (Å²) in [5.74, 6) is -0.359. The first-order valence-electron chi connectivity index (χ1n) is 8.58. The van der Waals surface area contributed by atoms with E-state index in [4.69, 9.17) is 0 Å². The van der Waals surface area contributed by atoms with E-state index in [1.165, 1.54) is 30.5 Å². The summed E-state index contributed by atoms with van der Waals surface area (Å²) in [4.78, 5) is 12.7. The van der Waals surface area contributed by atoms with Crippen LogP contribution in [0.15, 0.2) is 59.5 Å². The zero-order valence-corrected chi connectivity index (χ0v) is 17.3. The zero-order valence-electron chi connectivity index (χ0n) is 15.7. The lowest BCUT2D eigenvalue weighted by molar-refractivity contribution is 0.102. The Kier molecular flexibility index (Phi) is 5.76. The lowest BCUT2D eigenvalue weighted by Crippen LogP contribution is -2.28. The maximum atomic E-state index is 13.1. The number of hydrogen-bond acceptors (Lipinski definition) is 6. The molecule has 1 N–H and O–H groups in total. The molecule has 0 saturated heterocycles. The van der Waals surface area contributed by atoms with Gasteiger partial charge in [-0.2, -0.15) is 0 Å². The molecule has 0 aliphatic rings. The number of rotatable bonds is 6. The Hall–Kier alpha value is -2.78. The first-order chi connectivity index (χ1) is 13.3. The van der Waals surface area contributed by atoms with Gasteiger partial charge in [0, 0.05) is 13.0 Å². The smallest absolute Gasteiger partial charge is 0.264 e. The number of aromatic nitrogens is 2. The van der Waals surface area contributed by atoms with E-state index in [1.54, 1.807) is 42.5 Å². The number of amides is 1. The van der Waals surface area contributed by atoms with E-state index in [0.717, 1.165) is 9.31 Å². The van der Waals surface area contributed by atoms with Crippen LogP contribution in [-0.4, -0.2) is 31.6 Å². The third-order valence-corrected chi connectivity index (χ3v) is 7.03. The minimum absolute atomic E-state index is 0.0478. The van der Waals surface area contributed by atoms with Crippen LogP contribution in [0, 0.1) is 0 Å². The molecular weight excluding hydrogens is 396 g/mol. The van der Waals surface area contributed by atoms with Crippen LogP contribution in [0.5, 0.6) is 0 Å². The SMILES string of the molecule is CC(C)c1nnc(NC(=O)c2ccccc2S(=O)(=O)N(C)c2ccccc2)s1. The number of benzene rings is 2. The summed E-state index contributed by atoms with van der Waals surface area (Å²) in [5.41, 5.74) is 0.551. The molecule has 9 heteroatoms. The molecule has 7 nitrogen and oxygen atoms in total. The molecule has 28 heavy (non-hydrogen) atoms. The normalized spacial score (nSPS) is 11.4. The summed E-state index contributed by atoms with van der Waals surface area (Å²) in [6, 6.07) is 14.8. The van der Waals surface area contributed by atoms with Crippen molar-refractivity contribution in [1.29, 1.82) is 0 Å². The van der Waals surface area contributed by atoms with Crippen molar-refractivity contribution in [3.63, 3.8) is 0 Å². The number of hydrogen-bond donors (Lipinski definition) is 1. The molecule has 0 aliphatic carbocycles. The maximum absolute atomic E-state index is 13.1. The molecule has 0 saturated carbocycles. The highest BCUT2D eigenvalue weighted by molar-refractivity contribution is 7.92. The van der Waals surface area contributed by atoms with Crippen LogP contribution in [0.3, 0.4) is 0 Å². The number of sulfonamides is 1. The minimum Gasteiger partial charge on any atom is -0.296 e. The van der Waals surface area contributed by atoms with Crippen molar-refractivity contribution in [3.8, 4) is 0 Å². The number of nitrogens with one attached hydrogen (secondary N) is 1. The molecule has 3 rings (SSSR count). The third-order valence-electron chi connectivity index (χ3n) is 4.04. The van der Waals surface area contributed by atoms with Gasteiger partial charge < -0.3 is 0 Å². The van der Waals surface area contributed by atoms with Crippen molar-refractivity contribution in [2.45, 2.75) is 24.7 Å². The lowest BCUT2D eigenvalue weighted by atomic mass is 10.2. The van der Waals surface area contributed by atoms with E-state index in [1.807, 2.05) is 13.8 Å². The second-order valence-corrected chi connectivity index (χ2v) is 9.31. The number of anilines is 2. The molecule has 146 valence electrons. The number of para-hydroxylation sites is 1. The van der Waals surface area contributed by atoms with Crippen molar-refractivity contribution in [3.05, 3.63) is 65.2 Å². The third kappa shape index (κ3) is 4.05. The average Bonchev–Trinajstić information content (AvgIpc) is 3.17. The molecule has 0 atom stereocenters. The molecule has 1 aromatic heterocycles. The maximum Gasteiger partial charge on any atom is 0.264 e. The fourth-order valence-corrected chi connectivity index (χ4v) is 4.61. The van der Waals surface area contributed by atoms with Gasteiger partial charge in [-0.25, -0.2) is 8.42 Å². The Balaban J connectivity index is 1.93. The monoisotopic (exact) mass is 416 g/mol. The topological polar surface area (TPSA) is 92.3 Å². The fraction of sp³-hybridized carbons (Fsp3) is 0.211. The van der Waals surface area contributed by atoms with Gasteiger partial charge in [-0.3, -0.25) is 14.4 Å². The Bertz CT molecular complexity index is 1080. The van der Waals surface area contributed by atoms with Crippen molar-refractivity contribution in [2.24, 2.45) is 0 Å². The first-order valence-corrected chi connectivity index (χ1v) is 10.8. The predicted molar refractivity (Wildman–Crippen MR) is 110 cm³/mol. The Morgan fingerprint density at radius 3 is 2.32 bits per heavy atom. The molecule has 3 aromatic rings. The van der Waals surface area contributed by atoms with E-state index < -0.39 is 15.9 Å². The van der Waals surface area contributed by atoms with Crippen LogP contribution in [0.1, 0.15) is 35.1 Å². The average molecular weight is 417 g/mol. The Labute approximate surface area is 168 Å². The van der Waals surface area contributed by atoms with Crippen LogP contribution in [-0.2, 0) is 10.0 Å². The molecular formula is C19H20N4O3S2. The van der Waals surface area contributed by atoms with Gasteiger partial charge in [-0.15, -0.1) is 10.2 Å². The number of carbonyl (C=O) groups is 1. The standard InChI is InChI=1S/C19H20N4O3S2/c1-13(2)18-21-22-19(27-18)20-17(24)15-11-7-8-12-16(15)28(25,26)23(3)14-9-5-4-6-10-14/h4-13H,1-3H3,(H,20,22,24). The summed E-state index contributed by atoms with van der Waals surface area (Å²) >= 11 is 1.27.